The van der Waals surface area contributed by atoms with E-state index in [0.29, 0.717) is 25.7 Å². The predicted octanol–water partition coefficient (Wildman–Crippen LogP) is 1.86. The summed E-state index contributed by atoms with van der Waals surface area (Å²) in [6, 6.07) is 0. The lowest BCUT2D eigenvalue weighted by Gasteiger charge is -2.34. The minimum Gasteiger partial charge on any atom is -0.289 e. The second-order valence-electron chi connectivity index (χ2n) is 6.27. The van der Waals surface area contributed by atoms with E-state index in [9.17, 15) is 9.59 Å². The van der Waals surface area contributed by atoms with Gasteiger partial charge in [0, 0.05) is 0 Å². The van der Waals surface area contributed by atoms with Crippen LogP contribution in [0.25, 0.3) is 0 Å². The number of hydrogen-bond acceptors (Lipinski definition) is 6. The maximum Gasteiger partial charge on any atom is 0.273 e. The lowest BCUT2D eigenvalue weighted by molar-refractivity contribution is -0.138. The van der Waals surface area contributed by atoms with Gasteiger partial charge < -0.3 is 0 Å². The van der Waals surface area contributed by atoms with Gasteiger partial charge in [0.2, 0.25) is 0 Å². The van der Waals surface area contributed by atoms with E-state index in [1.165, 1.54) is 0 Å². The van der Waals surface area contributed by atoms with Crippen molar-refractivity contribution in [3.8, 4) is 0 Å². The van der Waals surface area contributed by atoms with Crippen molar-refractivity contribution in [2.75, 3.05) is 0 Å². The first kappa shape index (κ1) is 16.8. The number of nitrogens with one attached hydrogen (secondary N) is 2. The van der Waals surface area contributed by atoms with Gasteiger partial charge in [-0.3, -0.25) is 20.0 Å². The van der Waals surface area contributed by atoms with Gasteiger partial charge in [-0.1, -0.05) is 38.5 Å². The first-order valence-electron chi connectivity index (χ1n) is 7.92. The molecule has 0 bridgehead atoms. The lowest BCUT2D eigenvalue weighted by atomic mass is 9.80. The molecule has 0 atom stereocenters. The molecule has 2 aliphatic carbocycles. The first-order chi connectivity index (χ1) is 10.6. The van der Waals surface area contributed by atoms with E-state index < -0.39 is 22.9 Å². The van der Waals surface area contributed by atoms with Crippen LogP contribution in [0.4, 0.5) is 0 Å². The molecule has 2 rings (SSSR count). The van der Waals surface area contributed by atoms with E-state index in [0.717, 1.165) is 38.5 Å². The SMILES string of the molecule is O=C(NO)C1(N=NC2(C(=O)NO)CCCCC2)CCCCC1. The number of carbonyl (C=O) groups excluding carboxylic acids is 2. The number of azo groups is 1. The van der Waals surface area contributed by atoms with Crippen LogP contribution >= 0.6 is 0 Å². The Morgan fingerprint density at radius 2 is 1.00 bits per heavy atom. The first-order valence-corrected chi connectivity index (χ1v) is 7.92. The van der Waals surface area contributed by atoms with Crippen molar-refractivity contribution in [1.82, 2.24) is 11.0 Å². The lowest BCUT2D eigenvalue weighted by Crippen LogP contribution is -2.48. The Morgan fingerprint density at radius 1 is 0.682 bits per heavy atom. The third-order valence-electron chi connectivity index (χ3n) is 4.84. The molecule has 124 valence electrons. The standard InChI is InChI=1S/C14H24N4O4/c19-11(15-21)13(7-3-1-4-8-13)17-18-14(12(20)16-22)9-5-2-6-10-14/h21-22H,1-10H2,(H,15,19)(H,16,20). The molecule has 0 heterocycles. The highest BCUT2D eigenvalue weighted by atomic mass is 16.5. The topological polar surface area (TPSA) is 123 Å². The van der Waals surface area contributed by atoms with E-state index in [1.807, 2.05) is 0 Å². The maximum absolute atomic E-state index is 12.0. The van der Waals surface area contributed by atoms with E-state index in [2.05, 4.69) is 10.2 Å². The van der Waals surface area contributed by atoms with Crippen LogP contribution in [0.5, 0.6) is 0 Å². The van der Waals surface area contributed by atoms with Crippen LogP contribution in [0.3, 0.4) is 0 Å². The summed E-state index contributed by atoms with van der Waals surface area (Å²) in [5.74, 6) is -1.15. The second-order valence-corrected chi connectivity index (χ2v) is 6.27. The molecule has 22 heavy (non-hydrogen) atoms. The average Bonchev–Trinajstić information content (AvgIpc) is 2.60. The molecule has 4 N–H and O–H groups in total. The number of rotatable bonds is 4. The van der Waals surface area contributed by atoms with Gasteiger partial charge in [0.25, 0.3) is 11.8 Å². The summed E-state index contributed by atoms with van der Waals surface area (Å²) in [7, 11) is 0. The molecule has 0 radical (unpaired) electrons. The normalized spacial score (nSPS) is 23.9. The van der Waals surface area contributed by atoms with Crippen molar-refractivity contribution in [2.45, 2.75) is 75.3 Å². The molecule has 0 unspecified atom stereocenters. The van der Waals surface area contributed by atoms with Crippen molar-refractivity contribution in [3.63, 3.8) is 0 Å². The summed E-state index contributed by atoms with van der Waals surface area (Å²) in [6.07, 6.45) is 7.32. The van der Waals surface area contributed by atoms with Crippen LogP contribution in [-0.4, -0.2) is 33.3 Å². The van der Waals surface area contributed by atoms with Crippen LogP contribution in [0, 0.1) is 0 Å². The summed E-state index contributed by atoms with van der Waals surface area (Å²) in [5, 5.41) is 26.4. The zero-order valence-electron chi connectivity index (χ0n) is 12.7. The van der Waals surface area contributed by atoms with Crippen molar-refractivity contribution >= 4 is 11.8 Å². The molecular formula is C14H24N4O4. The number of hydrogen-bond donors (Lipinski definition) is 4. The third kappa shape index (κ3) is 3.27. The molecule has 2 saturated carbocycles. The van der Waals surface area contributed by atoms with Gasteiger partial charge in [0.05, 0.1) is 0 Å². The molecule has 0 aromatic rings. The van der Waals surface area contributed by atoms with E-state index in [4.69, 9.17) is 10.4 Å². The maximum atomic E-state index is 12.0. The van der Waals surface area contributed by atoms with E-state index in [1.54, 1.807) is 11.0 Å². The second kappa shape index (κ2) is 7.15. The van der Waals surface area contributed by atoms with Crippen molar-refractivity contribution in [2.24, 2.45) is 10.2 Å². The molecular weight excluding hydrogens is 288 g/mol. The van der Waals surface area contributed by atoms with Crippen molar-refractivity contribution in [3.05, 3.63) is 0 Å². The molecule has 2 aliphatic rings. The highest BCUT2D eigenvalue weighted by molar-refractivity contribution is 5.86. The highest BCUT2D eigenvalue weighted by Crippen LogP contribution is 2.37. The molecule has 0 spiro atoms. The molecule has 0 saturated heterocycles. The van der Waals surface area contributed by atoms with Gasteiger partial charge in [0.1, 0.15) is 0 Å². The molecule has 8 heteroatoms. The van der Waals surface area contributed by atoms with Gasteiger partial charge in [-0.05, 0) is 25.7 Å². The fourth-order valence-electron chi connectivity index (χ4n) is 3.42. The number of hydroxylamine groups is 2. The summed E-state index contributed by atoms with van der Waals surface area (Å²) < 4.78 is 0. The van der Waals surface area contributed by atoms with Crippen LogP contribution in [-0.2, 0) is 9.59 Å². The Bertz CT molecular complexity index is 400. The Kier molecular flexibility index (Phi) is 5.47. The monoisotopic (exact) mass is 312 g/mol. The Balaban J connectivity index is 2.27. The molecule has 0 aromatic carbocycles. The molecule has 0 aromatic heterocycles. The number of amides is 2. The number of carbonyl (C=O) groups is 2. The minimum absolute atomic E-state index is 0.500. The zero-order valence-corrected chi connectivity index (χ0v) is 12.7. The van der Waals surface area contributed by atoms with Gasteiger partial charge >= 0.3 is 0 Å². The Labute approximate surface area is 129 Å². The smallest absolute Gasteiger partial charge is 0.273 e. The predicted molar refractivity (Wildman–Crippen MR) is 76.3 cm³/mol. The minimum atomic E-state index is -1.10. The van der Waals surface area contributed by atoms with Crippen LogP contribution in [0.15, 0.2) is 10.2 Å². The quantitative estimate of drug-likeness (QED) is 0.359. The Hall–Kier alpha value is -1.54. The van der Waals surface area contributed by atoms with Gasteiger partial charge in [-0.25, -0.2) is 11.0 Å². The average molecular weight is 312 g/mol. The van der Waals surface area contributed by atoms with Gasteiger partial charge in [-0.2, -0.15) is 10.2 Å². The highest BCUT2D eigenvalue weighted by Gasteiger charge is 2.44. The fourth-order valence-corrected chi connectivity index (χ4v) is 3.42. The van der Waals surface area contributed by atoms with E-state index in [-0.39, 0.29) is 0 Å². The summed E-state index contributed by atoms with van der Waals surface area (Å²) in [5.41, 5.74) is 1.14. The third-order valence-corrected chi connectivity index (χ3v) is 4.84. The van der Waals surface area contributed by atoms with Gasteiger partial charge in [0.15, 0.2) is 11.1 Å². The molecule has 2 fully saturated rings. The van der Waals surface area contributed by atoms with E-state index >= 15 is 0 Å². The number of nitrogens with zero attached hydrogens (tertiary/aromatic N) is 2. The van der Waals surface area contributed by atoms with Gasteiger partial charge in [-0.15, -0.1) is 0 Å². The van der Waals surface area contributed by atoms with Crippen molar-refractivity contribution < 1.29 is 20.0 Å². The van der Waals surface area contributed by atoms with Crippen LogP contribution < -0.4 is 11.0 Å². The largest absolute Gasteiger partial charge is 0.289 e. The molecule has 0 aliphatic heterocycles. The molecule has 8 nitrogen and oxygen atoms in total. The van der Waals surface area contributed by atoms with Crippen LogP contribution in [0.2, 0.25) is 0 Å². The Morgan fingerprint density at radius 3 is 1.27 bits per heavy atom. The summed E-state index contributed by atoms with van der Waals surface area (Å²) >= 11 is 0. The zero-order chi connectivity index (χ0) is 16.1. The molecule has 2 amide bonds. The summed E-state index contributed by atoms with van der Waals surface area (Å²) in [6.45, 7) is 0. The summed E-state index contributed by atoms with van der Waals surface area (Å²) in [4.78, 5) is 24.1. The fraction of sp³-hybridized carbons (Fsp3) is 0.857. The van der Waals surface area contributed by atoms with Crippen molar-refractivity contribution in [1.29, 1.82) is 0 Å². The van der Waals surface area contributed by atoms with Crippen LogP contribution in [0.1, 0.15) is 64.2 Å².